The minimum absolute atomic E-state index is 0.179. The molecule has 4 unspecified atom stereocenters. The molecule has 37 heavy (non-hydrogen) atoms. The Labute approximate surface area is 209 Å². The van der Waals surface area contributed by atoms with Crippen molar-refractivity contribution < 1.29 is 44.3 Å². The van der Waals surface area contributed by atoms with Crippen molar-refractivity contribution in [2.75, 3.05) is 0 Å². The summed E-state index contributed by atoms with van der Waals surface area (Å²) in [4.78, 5) is 38.2. The van der Waals surface area contributed by atoms with Crippen LogP contribution >= 0.6 is 0 Å². The number of amides is 1. The number of Topliss-reactive ketones (excluding diaryl/α,β-unsaturated/α-hetero) is 2. The Morgan fingerprint density at radius 1 is 1.16 bits per heavy atom. The van der Waals surface area contributed by atoms with E-state index < -0.39 is 81.7 Å². The third kappa shape index (κ3) is 3.33. The molecule has 4 atom stereocenters. The van der Waals surface area contributed by atoms with Crippen LogP contribution < -0.4 is 5.73 Å². The molecular weight excluding hydrogens is 485 g/mol. The highest BCUT2D eigenvalue weighted by molar-refractivity contribution is 6.23. The Morgan fingerprint density at radius 3 is 2.51 bits per heavy atom. The van der Waals surface area contributed by atoms with Gasteiger partial charge in [0.05, 0.1) is 17.2 Å². The number of hydrogen-bond donors (Lipinski definition) is 6. The number of carbonyl (C=O) groups is 3. The first-order valence-electron chi connectivity index (χ1n) is 11.3. The zero-order valence-electron chi connectivity index (χ0n) is 19.4. The molecule has 3 aliphatic carbocycles. The summed E-state index contributed by atoms with van der Waals surface area (Å²) >= 11 is 0. The quantitative estimate of drug-likeness (QED) is 0.333. The highest BCUT2D eigenvalue weighted by atomic mass is 19.1. The normalized spacial score (nSPS) is 28.2. The fraction of sp³-hybridized carbons (Fsp3) is 0.222. The average molecular weight is 507 g/mol. The number of primary amides is 1. The molecule has 0 aromatic heterocycles. The molecule has 0 spiro atoms. The van der Waals surface area contributed by atoms with Gasteiger partial charge in [0.15, 0.2) is 11.4 Å². The molecule has 0 heterocycles. The summed E-state index contributed by atoms with van der Waals surface area (Å²) in [5, 5.41) is 55.3. The highest BCUT2D eigenvalue weighted by Gasteiger charge is 2.64. The van der Waals surface area contributed by atoms with Crippen molar-refractivity contribution >= 4 is 34.9 Å². The van der Waals surface area contributed by atoms with Crippen LogP contribution in [-0.4, -0.2) is 54.7 Å². The van der Waals surface area contributed by atoms with Crippen LogP contribution in [0, 0.1) is 24.6 Å². The minimum Gasteiger partial charge on any atom is -0.508 e. The Kier molecular flexibility index (Phi) is 5.36. The van der Waals surface area contributed by atoms with Crippen molar-refractivity contribution in [3.05, 3.63) is 81.4 Å². The number of ketones is 2. The molecule has 9 nitrogen and oxygen atoms in total. The number of halogens is 1. The number of phenolic OH excluding ortho intramolecular Hbond substituents is 1. The fourth-order valence-electron chi connectivity index (χ4n) is 5.72. The minimum atomic E-state index is -2.94. The van der Waals surface area contributed by atoms with Gasteiger partial charge in [-0.05, 0) is 47.4 Å². The number of phenols is 1. The van der Waals surface area contributed by atoms with Crippen LogP contribution in [0.2, 0.25) is 0 Å². The number of hydrogen-bond acceptors (Lipinski definition) is 8. The maximum absolute atomic E-state index is 14.2. The summed E-state index contributed by atoms with van der Waals surface area (Å²) in [5.41, 5.74) is 1.90. The van der Waals surface area contributed by atoms with Gasteiger partial charge in [0.1, 0.15) is 28.7 Å². The maximum atomic E-state index is 14.2. The number of benzene rings is 2. The summed E-state index contributed by atoms with van der Waals surface area (Å²) < 4.78 is 14.2. The fourth-order valence-corrected chi connectivity index (χ4v) is 5.72. The molecule has 7 N–H and O–H groups in total. The van der Waals surface area contributed by atoms with Crippen molar-refractivity contribution in [1.82, 2.24) is 0 Å². The van der Waals surface area contributed by atoms with Gasteiger partial charge in [-0.3, -0.25) is 14.4 Å². The van der Waals surface area contributed by atoms with Gasteiger partial charge in [0, 0.05) is 18.3 Å². The molecule has 1 amide bonds. The number of fused-ring (bicyclic) bond motifs is 3. The molecule has 1 fully saturated rings. The topological polar surface area (TPSA) is 178 Å². The van der Waals surface area contributed by atoms with Crippen LogP contribution in [0.1, 0.15) is 28.7 Å². The van der Waals surface area contributed by atoms with Crippen LogP contribution in [0.25, 0.3) is 17.4 Å². The van der Waals surface area contributed by atoms with Crippen molar-refractivity contribution in [3.8, 4) is 5.75 Å². The van der Waals surface area contributed by atoms with Gasteiger partial charge < -0.3 is 31.3 Å². The summed E-state index contributed by atoms with van der Waals surface area (Å²) in [6, 6.07) is 8.41. The Bertz CT molecular complexity index is 1500. The predicted molar refractivity (Wildman–Crippen MR) is 128 cm³/mol. The monoisotopic (exact) mass is 507 g/mol. The standard InChI is InChI=1S/C27H22FNO8/c1-10-5-11(7-12(28)6-10)8-14-13-3-2-4-16(30)18(13)23(33)21-19(14)22(32)15-9-17(31)20(26(29)36)24(34)27(15,37)25(21)35/h2-8,15,19,22,30,32-34,37H,9H2,1H3,(H2,29,36)/b14-8+. The Hall–Kier alpha value is -4.28. The molecule has 3 aliphatic rings. The van der Waals surface area contributed by atoms with Gasteiger partial charge in [-0.2, -0.15) is 0 Å². The lowest BCUT2D eigenvalue weighted by molar-refractivity contribution is -0.157. The van der Waals surface area contributed by atoms with E-state index in [1.165, 1.54) is 36.4 Å². The van der Waals surface area contributed by atoms with E-state index in [9.17, 15) is 44.3 Å². The molecule has 0 aliphatic heterocycles. The molecule has 10 heteroatoms. The lowest BCUT2D eigenvalue weighted by atomic mass is 9.56. The first-order chi connectivity index (χ1) is 17.4. The van der Waals surface area contributed by atoms with Gasteiger partial charge in [-0.1, -0.05) is 24.3 Å². The lowest BCUT2D eigenvalue weighted by Crippen LogP contribution is -2.63. The van der Waals surface area contributed by atoms with Gasteiger partial charge in [0.2, 0.25) is 5.78 Å². The zero-order chi connectivity index (χ0) is 27.0. The van der Waals surface area contributed by atoms with Crippen molar-refractivity contribution in [2.24, 2.45) is 17.6 Å². The van der Waals surface area contributed by atoms with Crippen molar-refractivity contribution in [2.45, 2.75) is 25.0 Å². The molecule has 5 rings (SSSR count). The molecule has 2 aromatic carbocycles. The third-order valence-electron chi connectivity index (χ3n) is 7.29. The molecule has 190 valence electrons. The number of aliphatic hydroxyl groups is 4. The van der Waals surface area contributed by atoms with Crippen LogP contribution in [0.3, 0.4) is 0 Å². The molecular formula is C27H22FNO8. The first kappa shape index (κ1) is 24.4. The van der Waals surface area contributed by atoms with E-state index in [1.807, 2.05) is 0 Å². The molecule has 0 radical (unpaired) electrons. The van der Waals surface area contributed by atoms with Gasteiger partial charge in [-0.15, -0.1) is 0 Å². The zero-order valence-corrected chi connectivity index (χ0v) is 19.4. The number of rotatable bonds is 2. The summed E-state index contributed by atoms with van der Waals surface area (Å²) in [7, 11) is 0. The summed E-state index contributed by atoms with van der Waals surface area (Å²) in [6.07, 6.45) is -0.964. The van der Waals surface area contributed by atoms with Crippen LogP contribution in [0.5, 0.6) is 5.75 Å². The van der Waals surface area contributed by atoms with Crippen molar-refractivity contribution in [1.29, 1.82) is 0 Å². The predicted octanol–water partition coefficient (Wildman–Crippen LogP) is 1.84. The molecule has 1 saturated carbocycles. The number of carbonyl (C=O) groups excluding carboxylic acids is 3. The van der Waals surface area contributed by atoms with Gasteiger partial charge in [-0.25, -0.2) is 4.39 Å². The molecule has 0 saturated heterocycles. The number of nitrogens with two attached hydrogens (primary N) is 1. The van der Waals surface area contributed by atoms with Gasteiger partial charge in [0.25, 0.3) is 5.91 Å². The first-order valence-corrected chi connectivity index (χ1v) is 11.3. The SMILES string of the molecule is Cc1cc(F)cc(/C=C2\c3cccc(O)c3C(O)=C3C(=O)C4(O)C(O)=C(C(N)=O)C(=O)CC4C(O)C32)c1. The molecule has 0 bridgehead atoms. The van der Waals surface area contributed by atoms with E-state index in [4.69, 9.17) is 5.73 Å². The van der Waals surface area contributed by atoms with E-state index in [-0.39, 0.29) is 16.7 Å². The van der Waals surface area contributed by atoms with Crippen LogP contribution in [0.4, 0.5) is 4.39 Å². The molecule has 2 aromatic rings. The van der Waals surface area contributed by atoms with Crippen LogP contribution in [0.15, 0.2) is 53.3 Å². The second-order valence-corrected chi connectivity index (χ2v) is 9.51. The smallest absolute Gasteiger partial charge is 0.255 e. The summed E-state index contributed by atoms with van der Waals surface area (Å²) in [5.74, 6) is -9.59. The maximum Gasteiger partial charge on any atom is 0.255 e. The van der Waals surface area contributed by atoms with E-state index in [1.54, 1.807) is 13.0 Å². The Balaban J connectivity index is 1.83. The third-order valence-corrected chi connectivity index (χ3v) is 7.29. The van der Waals surface area contributed by atoms with E-state index in [2.05, 4.69) is 0 Å². The van der Waals surface area contributed by atoms with Gasteiger partial charge >= 0.3 is 0 Å². The number of aryl methyl sites for hydroxylation is 1. The second kappa shape index (κ2) is 8.12. The Morgan fingerprint density at radius 2 is 1.86 bits per heavy atom. The summed E-state index contributed by atoms with van der Waals surface area (Å²) in [6.45, 7) is 1.67. The van der Waals surface area contributed by atoms with E-state index >= 15 is 0 Å². The number of aromatic hydroxyl groups is 1. The lowest BCUT2D eigenvalue weighted by Gasteiger charge is -2.49. The second-order valence-electron chi connectivity index (χ2n) is 9.51. The highest BCUT2D eigenvalue weighted by Crippen LogP contribution is 2.55. The largest absolute Gasteiger partial charge is 0.508 e. The van der Waals surface area contributed by atoms with Crippen molar-refractivity contribution in [3.63, 3.8) is 0 Å². The van der Waals surface area contributed by atoms with E-state index in [0.717, 1.165) is 0 Å². The average Bonchev–Trinajstić information content (AvgIpc) is 2.80. The van der Waals surface area contributed by atoms with Crippen LogP contribution in [-0.2, 0) is 14.4 Å². The number of aliphatic hydroxyl groups excluding tert-OH is 3. The van der Waals surface area contributed by atoms with E-state index in [0.29, 0.717) is 11.1 Å².